The third kappa shape index (κ3) is 3.60. The Bertz CT molecular complexity index is 477. The summed E-state index contributed by atoms with van der Waals surface area (Å²) in [4.78, 5) is 32.7. The molecule has 0 aliphatic carbocycles. The molecule has 2 N–H and O–H groups in total. The molecule has 0 saturated carbocycles. The van der Waals surface area contributed by atoms with Crippen LogP contribution in [0.1, 0.15) is 23.7 Å². The Morgan fingerprint density at radius 3 is 2.47 bits per heavy atom. The van der Waals surface area contributed by atoms with E-state index in [-0.39, 0.29) is 17.1 Å². The first-order chi connectivity index (χ1) is 7.90. The van der Waals surface area contributed by atoms with E-state index in [9.17, 15) is 14.4 Å². The van der Waals surface area contributed by atoms with Gasteiger partial charge in [0.2, 0.25) is 0 Å². The lowest BCUT2D eigenvalue weighted by Crippen LogP contribution is -2.13. The van der Waals surface area contributed by atoms with Crippen LogP contribution in [0.4, 0.5) is 0 Å². The molecule has 17 heavy (non-hydrogen) atoms. The summed E-state index contributed by atoms with van der Waals surface area (Å²) in [5, 5.41) is 18.0. The quantitative estimate of drug-likeness (QED) is 0.460. The zero-order valence-electron chi connectivity index (χ0n) is 8.97. The van der Waals surface area contributed by atoms with Gasteiger partial charge < -0.3 is 14.9 Å². The molecule has 90 valence electrons. The Morgan fingerprint density at radius 1 is 1.29 bits per heavy atom. The fourth-order valence-corrected chi connectivity index (χ4v) is 1.13. The number of Topliss-reactive ketones (excluding diaryl/α,β-unsaturated/α-hetero) is 1. The number of carbonyl (C=O) groups excluding carboxylic acids is 2. The van der Waals surface area contributed by atoms with Crippen molar-refractivity contribution in [1.29, 1.82) is 0 Å². The Balaban J connectivity index is 2.96. The van der Waals surface area contributed by atoms with E-state index in [1.54, 1.807) is 0 Å². The van der Waals surface area contributed by atoms with Crippen molar-refractivity contribution in [3.8, 4) is 11.5 Å². The number of carboxylic acids is 1. The van der Waals surface area contributed by atoms with Crippen molar-refractivity contribution in [1.82, 2.24) is 0 Å². The van der Waals surface area contributed by atoms with E-state index in [1.165, 1.54) is 6.92 Å². The zero-order valence-corrected chi connectivity index (χ0v) is 8.97. The van der Waals surface area contributed by atoms with Gasteiger partial charge in [-0.3, -0.25) is 9.59 Å². The van der Waals surface area contributed by atoms with Crippen LogP contribution >= 0.6 is 0 Å². The summed E-state index contributed by atoms with van der Waals surface area (Å²) in [6.45, 7) is 1.21. The van der Waals surface area contributed by atoms with Crippen molar-refractivity contribution in [2.24, 2.45) is 0 Å². The Kier molecular flexibility index (Phi) is 3.82. The molecule has 1 aromatic rings. The van der Waals surface area contributed by atoms with Crippen molar-refractivity contribution in [3.63, 3.8) is 0 Å². The van der Waals surface area contributed by atoms with Gasteiger partial charge in [-0.1, -0.05) is 0 Å². The number of esters is 1. The SMILES string of the molecule is CC(=O)CC(=O)Oc1cc(O)ccc1C(=O)O. The predicted octanol–water partition coefficient (Wildman–Crippen LogP) is 0.975. The standard InChI is InChI=1S/C11H10O6/c1-6(12)4-10(14)17-9-5-7(13)2-3-8(9)11(15)16/h2-3,5,13H,4H2,1H3,(H,15,16). The van der Waals surface area contributed by atoms with Crippen LogP contribution in [0, 0.1) is 0 Å². The van der Waals surface area contributed by atoms with Crippen molar-refractivity contribution >= 4 is 17.7 Å². The van der Waals surface area contributed by atoms with Gasteiger partial charge in [-0.25, -0.2) is 4.79 Å². The lowest BCUT2D eigenvalue weighted by Gasteiger charge is -2.06. The minimum Gasteiger partial charge on any atom is -0.508 e. The van der Waals surface area contributed by atoms with E-state index in [4.69, 9.17) is 14.9 Å². The molecule has 0 atom stereocenters. The number of aromatic hydroxyl groups is 1. The summed E-state index contributed by atoms with van der Waals surface area (Å²) in [6.07, 6.45) is -0.450. The maximum absolute atomic E-state index is 11.2. The number of carbonyl (C=O) groups is 3. The van der Waals surface area contributed by atoms with Gasteiger partial charge in [0.05, 0.1) is 0 Å². The van der Waals surface area contributed by atoms with Crippen LogP contribution < -0.4 is 4.74 Å². The molecule has 1 aromatic carbocycles. The maximum Gasteiger partial charge on any atom is 0.339 e. The second-order valence-electron chi connectivity index (χ2n) is 3.34. The van der Waals surface area contributed by atoms with Crippen LogP contribution in [0.15, 0.2) is 18.2 Å². The lowest BCUT2D eigenvalue weighted by molar-refractivity contribution is -0.137. The molecule has 0 aromatic heterocycles. The summed E-state index contributed by atoms with van der Waals surface area (Å²) in [5.74, 6) is -3.09. The van der Waals surface area contributed by atoms with Crippen molar-refractivity contribution in [2.45, 2.75) is 13.3 Å². The minimum atomic E-state index is -1.30. The molecule has 6 heteroatoms. The molecule has 0 amide bonds. The van der Waals surface area contributed by atoms with Crippen LogP contribution in [0.25, 0.3) is 0 Å². The van der Waals surface area contributed by atoms with Crippen molar-refractivity contribution in [3.05, 3.63) is 23.8 Å². The second-order valence-corrected chi connectivity index (χ2v) is 3.34. The average molecular weight is 238 g/mol. The van der Waals surface area contributed by atoms with Gasteiger partial charge in [-0.05, 0) is 19.1 Å². The van der Waals surface area contributed by atoms with E-state index in [1.807, 2.05) is 0 Å². The van der Waals surface area contributed by atoms with E-state index >= 15 is 0 Å². The minimum absolute atomic E-state index is 0.236. The van der Waals surface area contributed by atoms with E-state index in [0.717, 1.165) is 18.2 Å². The smallest absolute Gasteiger partial charge is 0.339 e. The van der Waals surface area contributed by atoms with Gasteiger partial charge in [-0.15, -0.1) is 0 Å². The largest absolute Gasteiger partial charge is 0.508 e. The van der Waals surface area contributed by atoms with E-state index in [2.05, 4.69) is 0 Å². The predicted molar refractivity (Wildman–Crippen MR) is 56.0 cm³/mol. The van der Waals surface area contributed by atoms with Gasteiger partial charge in [0.15, 0.2) is 0 Å². The zero-order chi connectivity index (χ0) is 13.0. The monoisotopic (exact) mass is 238 g/mol. The van der Waals surface area contributed by atoms with Gasteiger partial charge >= 0.3 is 11.9 Å². The highest BCUT2D eigenvalue weighted by atomic mass is 16.5. The first-order valence-electron chi connectivity index (χ1n) is 4.66. The van der Waals surface area contributed by atoms with Gasteiger partial charge in [0.1, 0.15) is 29.3 Å². The molecule has 0 bridgehead atoms. The third-order valence-electron chi connectivity index (χ3n) is 1.81. The number of benzene rings is 1. The number of phenols is 1. The summed E-state index contributed by atoms with van der Waals surface area (Å²) in [7, 11) is 0. The molecule has 1 rings (SSSR count). The third-order valence-corrected chi connectivity index (χ3v) is 1.81. The Labute approximate surface area is 96.4 Å². The summed E-state index contributed by atoms with van der Waals surface area (Å²) in [6, 6.07) is 3.27. The number of hydrogen-bond donors (Lipinski definition) is 2. The van der Waals surface area contributed by atoms with Crippen molar-refractivity contribution in [2.75, 3.05) is 0 Å². The van der Waals surface area contributed by atoms with Gasteiger partial charge in [-0.2, -0.15) is 0 Å². The molecule has 0 aliphatic rings. The summed E-state index contributed by atoms with van der Waals surface area (Å²) >= 11 is 0. The fourth-order valence-electron chi connectivity index (χ4n) is 1.13. The average Bonchev–Trinajstić information content (AvgIpc) is 2.15. The second kappa shape index (κ2) is 5.11. The van der Waals surface area contributed by atoms with Crippen molar-refractivity contribution < 1.29 is 29.3 Å². The molecule has 0 saturated heterocycles. The molecule has 0 spiro atoms. The van der Waals surface area contributed by atoms with Gasteiger partial charge in [0.25, 0.3) is 0 Å². The van der Waals surface area contributed by atoms with Gasteiger partial charge in [0, 0.05) is 6.07 Å². The van der Waals surface area contributed by atoms with Crippen LogP contribution in [0.2, 0.25) is 0 Å². The van der Waals surface area contributed by atoms with Crippen LogP contribution in [0.5, 0.6) is 11.5 Å². The Hall–Kier alpha value is -2.37. The fraction of sp³-hybridized carbons (Fsp3) is 0.182. The highest BCUT2D eigenvalue weighted by Crippen LogP contribution is 2.24. The highest BCUT2D eigenvalue weighted by Gasteiger charge is 2.16. The Morgan fingerprint density at radius 2 is 1.94 bits per heavy atom. The van der Waals surface area contributed by atoms with E-state index < -0.39 is 24.1 Å². The molecular weight excluding hydrogens is 228 g/mol. The number of rotatable bonds is 4. The lowest BCUT2D eigenvalue weighted by atomic mass is 10.2. The number of hydrogen-bond acceptors (Lipinski definition) is 5. The van der Waals surface area contributed by atoms with Crippen LogP contribution in [-0.2, 0) is 9.59 Å². The molecule has 0 aliphatic heterocycles. The normalized spacial score (nSPS) is 9.71. The molecule has 6 nitrogen and oxygen atoms in total. The van der Waals surface area contributed by atoms with Crippen LogP contribution in [0.3, 0.4) is 0 Å². The summed E-state index contributed by atoms with van der Waals surface area (Å²) in [5.41, 5.74) is -0.264. The van der Waals surface area contributed by atoms with E-state index in [0.29, 0.717) is 0 Å². The number of phenolic OH excluding ortho intramolecular Hbond substituents is 1. The maximum atomic E-state index is 11.2. The number of ether oxygens (including phenoxy) is 1. The molecule has 0 fully saturated rings. The molecule has 0 unspecified atom stereocenters. The number of carboxylic acid groups (broad SMARTS) is 1. The molecule has 0 radical (unpaired) electrons. The number of ketones is 1. The first-order valence-corrected chi connectivity index (χ1v) is 4.66. The highest BCUT2D eigenvalue weighted by molar-refractivity contribution is 5.97. The number of aromatic carboxylic acids is 1. The van der Waals surface area contributed by atoms with Crippen LogP contribution in [-0.4, -0.2) is 27.9 Å². The molecular formula is C11H10O6. The first kappa shape index (κ1) is 12.7. The summed E-state index contributed by atoms with van der Waals surface area (Å²) < 4.78 is 4.70. The molecule has 0 heterocycles. The topological polar surface area (TPSA) is 101 Å².